The highest BCUT2D eigenvalue weighted by molar-refractivity contribution is 7.18. The lowest BCUT2D eigenvalue weighted by Crippen LogP contribution is -2.11. The maximum absolute atomic E-state index is 13.7. The molecule has 0 aliphatic heterocycles. The van der Waals surface area contributed by atoms with Crippen LogP contribution in [0.15, 0.2) is 48.2 Å². The molecule has 2 atom stereocenters. The predicted molar refractivity (Wildman–Crippen MR) is 89.6 cm³/mol. The molecule has 1 rings (SSSR count). The number of nitrogens with one attached hydrogen (secondary N) is 1. The highest BCUT2D eigenvalue weighted by Gasteiger charge is 2.16. The fraction of sp³-hybridized carbons (Fsp3) is 0.412. The van der Waals surface area contributed by atoms with Crippen LogP contribution in [0.3, 0.4) is 0 Å². The van der Waals surface area contributed by atoms with E-state index in [0.717, 1.165) is 29.7 Å². The van der Waals surface area contributed by atoms with E-state index in [1.165, 1.54) is 5.56 Å². The van der Waals surface area contributed by atoms with Gasteiger partial charge in [0.05, 0.1) is 0 Å². The number of alkyl halides is 1. The predicted octanol–water partition coefficient (Wildman–Crippen LogP) is 4.40. The monoisotopic (exact) mass is 293 g/mol. The van der Waals surface area contributed by atoms with Crippen LogP contribution in [-0.4, -0.2) is 12.5 Å². The largest absolute Gasteiger partial charge is 0.388 e. The van der Waals surface area contributed by atoms with Gasteiger partial charge in [-0.15, -0.1) is 0 Å². The summed E-state index contributed by atoms with van der Waals surface area (Å²) in [6.45, 7) is 7.68. The van der Waals surface area contributed by atoms with E-state index in [-0.39, 0.29) is 0 Å². The third-order valence-electron chi connectivity index (χ3n) is 3.20. The lowest BCUT2D eigenvalue weighted by Gasteiger charge is -2.15. The van der Waals surface area contributed by atoms with Crippen LogP contribution in [-0.2, 0) is 12.8 Å². The quantitative estimate of drug-likeness (QED) is 0.580. The van der Waals surface area contributed by atoms with Crippen LogP contribution in [0.4, 0.5) is 4.39 Å². The molecule has 0 saturated carbocycles. The van der Waals surface area contributed by atoms with Gasteiger partial charge in [0, 0.05) is 19.2 Å². The Bertz CT molecular complexity index is 486. The van der Waals surface area contributed by atoms with E-state index >= 15 is 0 Å². The van der Waals surface area contributed by atoms with Crippen LogP contribution in [0.5, 0.6) is 0 Å². The topological polar surface area (TPSA) is 12.0 Å². The van der Waals surface area contributed by atoms with Crippen molar-refractivity contribution in [1.29, 1.82) is 0 Å². The van der Waals surface area contributed by atoms with Crippen molar-refractivity contribution in [1.82, 2.24) is 5.32 Å². The Morgan fingerprint density at radius 3 is 2.65 bits per heavy atom. The van der Waals surface area contributed by atoms with Gasteiger partial charge >= 0.3 is 0 Å². The van der Waals surface area contributed by atoms with Crippen LogP contribution in [0, 0.1) is 0 Å². The summed E-state index contributed by atoms with van der Waals surface area (Å²) in [5.41, 5.74) is 4.45. The Balaban J connectivity index is 2.65. The second-order valence-corrected chi connectivity index (χ2v) is 6.53. The van der Waals surface area contributed by atoms with Gasteiger partial charge in [0.25, 0.3) is 0 Å². The summed E-state index contributed by atoms with van der Waals surface area (Å²) in [5.74, 6) is 0. The minimum atomic E-state index is -1.24. The summed E-state index contributed by atoms with van der Waals surface area (Å²) in [6.07, 6.45) is 4.27. The molecule has 0 bridgehead atoms. The van der Waals surface area contributed by atoms with E-state index in [1.54, 1.807) is 6.92 Å². The number of benzene rings is 1. The highest BCUT2D eigenvalue weighted by atomic mass is 31.0. The maximum atomic E-state index is 13.7. The zero-order chi connectivity index (χ0) is 15.2. The molecule has 20 heavy (non-hydrogen) atoms. The molecule has 0 aliphatic carbocycles. The summed E-state index contributed by atoms with van der Waals surface area (Å²) in [7, 11) is 4.16. The van der Waals surface area contributed by atoms with E-state index in [1.807, 2.05) is 32.2 Å². The molecule has 1 N–H and O–H groups in total. The number of allylic oxidation sites excluding steroid dienone is 2. The number of aryl methyl sites for hydroxylation is 1. The molecule has 0 saturated heterocycles. The molecule has 0 amide bonds. The van der Waals surface area contributed by atoms with Gasteiger partial charge in [-0.1, -0.05) is 46.2 Å². The third-order valence-corrected chi connectivity index (χ3v) is 3.40. The Hall–Kier alpha value is -1.14. The summed E-state index contributed by atoms with van der Waals surface area (Å²) >= 11 is 0. The molecule has 0 radical (unpaired) electrons. The van der Waals surface area contributed by atoms with E-state index in [0.29, 0.717) is 6.42 Å². The molecule has 1 aromatic carbocycles. The minimum absolute atomic E-state index is 0.420. The molecule has 1 nitrogen and oxygen atoms in total. The van der Waals surface area contributed by atoms with Gasteiger partial charge in [0.2, 0.25) is 0 Å². The molecule has 3 heteroatoms. The first-order valence-corrected chi connectivity index (χ1v) is 7.51. The van der Waals surface area contributed by atoms with Crippen molar-refractivity contribution in [3.63, 3.8) is 0 Å². The Morgan fingerprint density at radius 1 is 1.45 bits per heavy atom. The Morgan fingerprint density at radius 2 is 2.10 bits per heavy atom. The molecule has 0 fully saturated rings. The van der Waals surface area contributed by atoms with Gasteiger partial charge in [-0.25, -0.2) is 4.39 Å². The van der Waals surface area contributed by atoms with Crippen molar-refractivity contribution in [2.75, 3.05) is 7.05 Å². The summed E-state index contributed by atoms with van der Waals surface area (Å²) in [6, 6.07) is 8.15. The van der Waals surface area contributed by atoms with Gasteiger partial charge in [0.1, 0.15) is 5.41 Å². The molecule has 110 valence electrons. The highest BCUT2D eigenvalue weighted by Crippen LogP contribution is 2.25. The van der Waals surface area contributed by atoms with Crippen molar-refractivity contribution in [3.05, 3.63) is 59.3 Å². The smallest absolute Gasteiger partial charge is 0.125 e. The average Bonchev–Trinajstić information content (AvgIpc) is 2.36. The van der Waals surface area contributed by atoms with E-state index < -0.39 is 5.41 Å². The molecule has 0 aromatic heterocycles. The lowest BCUT2D eigenvalue weighted by molar-refractivity contribution is 0.314. The molecule has 0 aliphatic rings. The number of hydrogen-bond donors (Lipinski definition) is 1. The second kappa shape index (κ2) is 7.59. The Labute approximate surface area is 124 Å². The fourth-order valence-corrected chi connectivity index (χ4v) is 2.49. The van der Waals surface area contributed by atoms with E-state index in [4.69, 9.17) is 0 Å². The van der Waals surface area contributed by atoms with Crippen LogP contribution in [0.2, 0.25) is 0 Å². The lowest BCUT2D eigenvalue weighted by atomic mass is 10.00. The second-order valence-electron chi connectivity index (χ2n) is 5.33. The zero-order valence-electron chi connectivity index (χ0n) is 12.7. The van der Waals surface area contributed by atoms with E-state index in [9.17, 15) is 4.39 Å². The number of likely N-dealkylation sites (N-methyl/N-ethyl adjacent to an activating group) is 1. The molecule has 2 unspecified atom stereocenters. The first kappa shape index (κ1) is 16.9. The van der Waals surface area contributed by atoms with Crippen molar-refractivity contribution in [2.24, 2.45) is 0 Å². The standard InChI is InChI=1S/C17H25FNP/c1-5-16(19-4)13(2)9-10-14-7-6-8-15(11-14)12-17(3,18)20/h5-8,11,19H,2,9-10,12,20H2,1,3-4H3/b16-5-. The molecule has 0 heterocycles. The molecular weight excluding hydrogens is 268 g/mol. The number of hydrogen-bond acceptors (Lipinski definition) is 1. The average molecular weight is 293 g/mol. The van der Waals surface area contributed by atoms with Gasteiger partial charge in [-0.2, -0.15) is 0 Å². The molecule has 0 spiro atoms. The van der Waals surface area contributed by atoms with Gasteiger partial charge in [-0.3, -0.25) is 0 Å². The van der Waals surface area contributed by atoms with Crippen molar-refractivity contribution < 1.29 is 4.39 Å². The van der Waals surface area contributed by atoms with Crippen molar-refractivity contribution in [2.45, 2.75) is 38.5 Å². The van der Waals surface area contributed by atoms with Crippen LogP contribution in [0.25, 0.3) is 0 Å². The third kappa shape index (κ3) is 5.88. The Kier molecular flexibility index (Phi) is 6.42. The maximum Gasteiger partial charge on any atom is 0.125 e. The zero-order valence-corrected chi connectivity index (χ0v) is 13.8. The van der Waals surface area contributed by atoms with Crippen LogP contribution >= 0.6 is 9.24 Å². The van der Waals surface area contributed by atoms with Crippen LogP contribution < -0.4 is 5.32 Å². The van der Waals surface area contributed by atoms with Crippen molar-refractivity contribution >= 4 is 9.24 Å². The normalized spacial score (nSPS) is 14.8. The fourth-order valence-electron chi connectivity index (χ4n) is 2.25. The minimum Gasteiger partial charge on any atom is -0.388 e. The summed E-state index contributed by atoms with van der Waals surface area (Å²) in [5, 5.41) is 1.90. The molecular formula is C17H25FNP. The van der Waals surface area contributed by atoms with E-state index in [2.05, 4.69) is 33.3 Å². The van der Waals surface area contributed by atoms with Crippen molar-refractivity contribution in [3.8, 4) is 0 Å². The first-order chi connectivity index (χ1) is 9.35. The SMILES string of the molecule is C=C(CCc1cccc(CC(C)(F)P)c1)/C(=C/C)NC. The summed E-state index contributed by atoms with van der Waals surface area (Å²) in [4.78, 5) is 0. The first-order valence-electron chi connectivity index (χ1n) is 6.93. The number of halogens is 1. The summed E-state index contributed by atoms with van der Waals surface area (Å²) < 4.78 is 13.7. The van der Waals surface area contributed by atoms with Gasteiger partial charge < -0.3 is 5.32 Å². The van der Waals surface area contributed by atoms with Crippen LogP contribution in [0.1, 0.15) is 31.4 Å². The molecule has 1 aromatic rings. The van der Waals surface area contributed by atoms with Gasteiger partial charge in [-0.05, 0) is 43.4 Å². The van der Waals surface area contributed by atoms with Gasteiger partial charge in [0.15, 0.2) is 0 Å². The number of rotatable bonds is 7.